The van der Waals surface area contributed by atoms with Gasteiger partial charge < -0.3 is 0 Å². The number of halogens is 3. The van der Waals surface area contributed by atoms with Crippen LogP contribution in [0.2, 0.25) is 10.0 Å². The maximum atomic E-state index is 12.0. The standard InChI is InChI=1S/C13H11BrCl2N2O/c1-7-12(14)8(2)18(13(19)17-7)6-9-5-10(15)3-4-11(9)16/h3-5H,6H2,1-2H3. The first-order chi connectivity index (χ1) is 8.90. The largest absolute Gasteiger partial charge is 0.348 e. The third-order valence-electron chi connectivity index (χ3n) is 2.87. The molecule has 0 aliphatic rings. The molecule has 0 bridgehead atoms. The van der Waals surface area contributed by atoms with Crippen molar-refractivity contribution in [3.05, 3.63) is 60.2 Å². The normalized spacial score (nSPS) is 10.8. The minimum Gasteiger partial charge on any atom is -0.291 e. The molecule has 0 atom stereocenters. The zero-order chi connectivity index (χ0) is 14.2. The van der Waals surface area contributed by atoms with Gasteiger partial charge in [0.25, 0.3) is 0 Å². The Morgan fingerprint density at radius 1 is 1.32 bits per heavy atom. The Morgan fingerprint density at radius 2 is 2.00 bits per heavy atom. The lowest BCUT2D eigenvalue weighted by Gasteiger charge is -2.13. The Bertz CT molecular complexity index is 698. The summed E-state index contributed by atoms with van der Waals surface area (Å²) in [4.78, 5) is 15.9. The fraction of sp³-hybridized carbons (Fsp3) is 0.231. The van der Waals surface area contributed by atoms with Gasteiger partial charge in [0.2, 0.25) is 0 Å². The van der Waals surface area contributed by atoms with Gasteiger partial charge in [-0.3, -0.25) is 4.57 Å². The van der Waals surface area contributed by atoms with Crippen LogP contribution < -0.4 is 5.69 Å². The van der Waals surface area contributed by atoms with Crippen LogP contribution in [-0.4, -0.2) is 9.55 Å². The van der Waals surface area contributed by atoms with Gasteiger partial charge in [0.15, 0.2) is 0 Å². The van der Waals surface area contributed by atoms with Gasteiger partial charge in [-0.15, -0.1) is 0 Å². The van der Waals surface area contributed by atoms with Crippen LogP contribution in [0.15, 0.2) is 27.5 Å². The second-order valence-electron chi connectivity index (χ2n) is 4.20. The maximum Gasteiger partial charge on any atom is 0.348 e. The van der Waals surface area contributed by atoms with Crippen molar-refractivity contribution in [1.82, 2.24) is 9.55 Å². The van der Waals surface area contributed by atoms with Gasteiger partial charge in [-0.2, -0.15) is 4.98 Å². The molecule has 2 aromatic rings. The van der Waals surface area contributed by atoms with Crippen LogP contribution in [0.25, 0.3) is 0 Å². The summed E-state index contributed by atoms with van der Waals surface area (Å²) in [6.45, 7) is 3.99. The molecule has 0 aliphatic heterocycles. The van der Waals surface area contributed by atoms with Crippen molar-refractivity contribution in [2.24, 2.45) is 0 Å². The lowest BCUT2D eigenvalue weighted by atomic mass is 10.2. The van der Waals surface area contributed by atoms with E-state index in [1.54, 1.807) is 29.7 Å². The highest BCUT2D eigenvalue weighted by Crippen LogP contribution is 2.23. The lowest BCUT2D eigenvalue weighted by Crippen LogP contribution is -2.27. The van der Waals surface area contributed by atoms with E-state index in [-0.39, 0.29) is 5.69 Å². The van der Waals surface area contributed by atoms with E-state index >= 15 is 0 Å². The van der Waals surface area contributed by atoms with Gasteiger partial charge in [0.05, 0.1) is 16.7 Å². The van der Waals surface area contributed by atoms with Crippen molar-refractivity contribution < 1.29 is 0 Å². The maximum absolute atomic E-state index is 12.0. The van der Waals surface area contributed by atoms with Crippen LogP contribution in [0.5, 0.6) is 0 Å². The molecular weight excluding hydrogens is 351 g/mol. The smallest absolute Gasteiger partial charge is 0.291 e. The summed E-state index contributed by atoms with van der Waals surface area (Å²) in [5.74, 6) is 0. The van der Waals surface area contributed by atoms with E-state index in [0.29, 0.717) is 22.3 Å². The van der Waals surface area contributed by atoms with Crippen molar-refractivity contribution in [1.29, 1.82) is 0 Å². The molecule has 0 N–H and O–H groups in total. The summed E-state index contributed by atoms with van der Waals surface area (Å²) in [7, 11) is 0. The van der Waals surface area contributed by atoms with Crippen molar-refractivity contribution in [2.75, 3.05) is 0 Å². The minimum absolute atomic E-state index is 0.297. The number of benzene rings is 1. The van der Waals surface area contributed by atoms with Crippen molar-refractivity contribution in [3.8, 4) is 0 Å². The fourth-order valence-corrected chi connectivity index (χ4v) is 2.47. The molecule has 19 heavy (non-hydrogen) atoms. The molecule has 0 aliphatic carbocycles. The molecule has 0 saturated heterocycles. The van der Waals surface area contributed by atoms with Crippen LogP contribution >= 0.6 is 39.1 Å². The molecule has 0 unspecified atom stereocenters. The van der Waals surface area contributed by atoms with Crippen LogP contribution in [0.3, 0.4) is 0 Å². The molecule has 3 nitrogen and oxygen atoms in total. The Morgan fingerprint density at radius 3 is 2.68 bits per heavy atom. The van der Waals surface area contributed by atoms with Gasteiger partial charge in [-0.05, 0) is 53.5 Å². The second-order valence-corrected chi connectivity index (χ2v) is 5.84. The average Bonchev–Trinajstić information content (AvgIpc) is 2.36. The number of hydrogen-bond donors (Lipinski definition) is 0. The van der Waals surface area contributed by atoms with E-state index < -0.39 is 0 Å². The molecule has 0 amide bonds. The molecule has 6 heteroatoms. The van der Waals surface area contributed by atoms with E-state index in [4.69, 9.17) is 23.2 Å². The molecular formula is C13H11BrCl2N2O. The number of rotatable bonds is 2. The Hall–Kier alpha value is -0.840. The second kappa shape index (κ2) is 5.65. The Labute approximate surface area is 129 Å². The van der Waals surface area contributed by atoms with Gasteiger partial charge in [-0.25, -0.2) is 4.79 Å². The monoisotopic (exact) mass is 360 g/mol. The van der Waals surface area contributed by atoms with Crippen molar-refractivity contribution in [3.63, 3.8) is 0 Å². The van der Waals surface area contributed by atoms with E-state index in [1.807, 2.05) is 6.92 Å². The van der Waals surface area contributed by atoms with Crippen LogP contribution in [-0.2, 0) is 6.54 Å². The number of aromatic nitrogens is 2. The summed E-state index contributed by atoms with van der Waals surface area (Å²) in [6, 6.07) is 5.19. The molecule has 0 radical (unpaired) electrons. The molecule has 100 valence electrons. The van der Waals surface area contributed by atoms with E-state index in [1.165, 1.54) is 0 Å². The summed E-state index contributed by atoms with van der Waals surface area (Å²) >= 11 is 15.5. The number of nitrogens with zero attached hydrogens (tertiary/aromatic N) is 2. The number of aryl methyl sites for hydroxylation is 1. The van der Waals surface area contributed by atoms with Gasteiger partial charge in [0, 0.05) is 15.7 Å². The summed E-state index contributed by atoms with van der Waals surface area (Å²) in [6.07, 6.45) is 0. The van der Waals surface area contributed by atoms with Gasteiger partial charge in [-0.1, -0.05) is 23.2 Å². The average molecular weight is 362 g/mol. The van der Waals surface area contributed by atoms with Crippen LogP contribution in [0.4, 0.5) is 0 Å². The Balaban J connectivity index is 2.53. The highest BCUT2D eigenvalue weighted by atomic mass is 79.9. The first-order valence-corrected chi connectivity index (χ1v) is 7.12. The summed E-state index contributed by atoms with van der Waals surface area (Å²) in [5.41, 5.74) is 1.98. The molecule has 1 aromatic carbocycles. The van der Waals surface area contributed by atoms with Crippen LogP contribution in [0.1, 0.15) is 17.0 Å². The lowest BCUT2D eigenvalue weighted by molar-refractivity contribution is 0.688. The van der Waals surface area contributed by atoms with E-state index in [2.05, 4.69) is 20.9 Å². The summed E-state index contributed by atoms with van der Waals surface area (Å²) < 4.78 is 2.39. The van der Waals surface area contributed by atoms with E-state index in [0.717, 1.165) is 15.7 Å². The molecule has 0 spiro atoms. The topological polar surface area (TPSA) is 34.9 Å². The van der Waals surface area contributed by atoms with Crippen molar-refractivity contribution in [2.45, 2.75) is 20.4 Å². The molecule has 0 saturated carbocycles. The number of hydrogen-bond acceptors (Lipinski definition) is 2. The molecule has 2 rings (SSSR count). The fourth-order valence-electron chi connectivity index (χ4n) is 1.80. The molecule has 1 heterocycles. The Kier molecular flexibility index (Phi) is 4.33. The summed E-state index contributed by atoms with van der Waals surface area (Å²) in [5, 5.41) is 1.16. The van der Waals surface area contributed by atoms with E-state index in [9.17, 15) is 4.79 Å². The van der Waals surface area contributed by atoms with Crippen molar-refractivity contribution >= 4 is 39.1 Å². The van der Waals surface area contributed by atoms with Crippen LogP contribution in [0, 0.1) is 13.8 Å². The quantitative estimate of drug-likeness (QED) is 0.810. The zero-order valence-electron chi connectivity index (χ0n) is 10.4. The highest BCUT2D eigenvalue weighted by molar-refractivity contribution is 9.10. The first kappa shape index (κ1) is 14.6. The highest BCUT2D eigenvalue weighted by Gasteiger charge is 2.11. The third-order valence-corrected chi connectivity index (χ3v) is 4.62. The van der Waals surface area contributed by atoms with Gasteiger partial charge in [0.1, 0.15) is 0 Å². The van der Waals surface area contributed by atoms with Gasteiger partial charge >= 0.3 is 5.69 Å². The molecule has 0 fully saturated rings. The first-order valence-electron chi connectivity index (χ1n) is 5.57. The predicted molar refractivity (Wildman–Crippen MR) is 81.2 cm³/mol. The predicted octanol–water partition coefficient (Wildman–Crippen LogP) is 3.98. The molecule has 1 aromatic heterocycles. The SMILES string of the molecule is Cc1nc(=O)n(Cc2cc(Cl)ccc2Cl)c(C)c1Br. The minimum atomic E-state index is -0.297. The third kappa shape index (κ3) is 3.02. The zero-order valence-corrected chi connectivity index (χ0v) is 13.5.